The summed E-state index contributed by atoms with van der Waals surface area (Å²) in [6.07, 6.45) is 3.35. The zero-order valence-electron chi connectivity index (χ0n) is 13.5. The summed E-state index contributed by atoms with van der Waals surface area (Å²) in [5.41, 5.74) is 0.669. The molecule has 122 valence electrons. The Labute approximate surface area is 133 Å². The Bertz CT molecular complexity index is 711. The van der Waals surface area contributed by atoms with Crippen LogP contribution in [-0.4, -0.2) is 38.0 Å². The van der Waals surface area contributed by atoms with Gasteiger partial charge in [0.2, 0.25) is 5.69 Å². The lowest BCUT2D eigenvalue weighted by Crippen LogP contribution is -2.34. The number of hydrogen-bond donors (Lipinski definition) is 1. The number of rotatable bonds is 5. The SMILES string of the molecule is Cc1[nH]nc(C(=O)N(C)[C@H](c2cccnc2)C(C)C)c1[N+](=O)[O-]. The number of aromatic nitrogens is 3. The Hall–Kier alpha value is -2.77. The van der Waals surface area contributed by atoms with Gasteiger partial charge in [-0.2, -0.15) is 5.10 Å². The molecule has 0 radical (unpaired) electrons. The molecule has 0 fully saturated rings. The number of pyridine rings is 1. The lowest BCUT2D eigenvalue weighted by atomic mass is 9.95. The first-order valence-corrected chi connectivity index (χ1v) is 7.21. The minimum atomic E-state index is -0.589. The highest BCUT2D eigenvalue weighted by Gasteiger charge is 2.33. The van der Waals surface area contributed by atoms with Gasteiger partial charge in [-0.15, -0.1) is 0 Å². The maximum Gasteiger partial charge on any atom is 0.322 e. The summed E-state index contributed by atoms with van der Waals surface area (Å²) in [6.45, 7) is 5.47. The highest BCUT2D eigenvalue weighted by atomic mass is 16.6. The fourth-order valence-corrected chi connectivity index (χ4v) is 2.70. The monoisotopic (exact) mass is 317 g/mol. The number of carbonyl (C=O) groups is 1. The van der Waals surface area contributed by atoms with Crippen molar-refractivity contribution >= 4 is 11.6 Å². The second-order valence-corrected chi connectivity index (χ2v) is 5.69. The van der Waals surface area contributed by atoms with E-state index in [2.05, 4.69) is 15.2 Å². The molecule has 2 aromatic heterocycles. The second kappa shape index (κ2) is 6.55. The Balaban J connectivity index is 2.40. The molecule has 0 aliphatic carbocycles. The Morgan fingerprint density at radius 1 is 1.43 bits per heavy atom. The van der Waals surface area contributed by atoms with Gasteiger partial charge in [-0.3, -0.25) is 25.0 Å². The average molecular weight is 317 g/mol. The third-order valence-electron chi connectivity index (χ3n) is 3.70. The van der Waals surface area contributed by atoms with Crippen LogP contribution in [0.15, 0.2) is 24.5 Å². The fourth-order valence-electron chi connectivity index (χ4n) is 2.70. The lowest BCUT2D eigenvalue weighted by molar-refractivity contribution is -0.385. The first-order valence-electron chi connectivity index (χ1n) is 7.21. The van der Waals surface area contributed by atoms with E-state index >= 15 is 0 Å². The predicted octanol–water partition coefficient (Wildman–Crippen LogP) is 2.49. The maximum atomic E-state index is 12.7. The van der Waals surface area contributed by atoms with E-state index in [4.69, 9.17) is 0 Å². The van der Waals surface area contributed by atoms with E-state index in [9.17, 15) is 14.9 Å². The van der Waals surface area contributed by atoms with Gasteiger partial charge in [-0.1, -0.05) is 19.9 Å². The van der Waals surface area contributed by atoms with Crippen molar-refractivity contribution in [3.8, 4) is 0 Å². The molecular formula is C15H19N5O3. The van der Waals surface area contributed by atoms with E-state index in [0.29, 0.717) is 0 Å². The van der Waals surface area contributed by atoms with Gasteiger partial charge in [-0.25, -0.2) is 0 Å². The van der Waals surface area contributed by atoms with Crippen LogP contribution in [0.3, 0.4) is 0 Å². The van der Waals surface area contributed by atoms with E-state index in [1.807, 2.05) is 19.9 Å². The number of aryl methyl sites for hydroxylation is 1. The predicted molar refractivity (Wildman–Crippen MR) is 83.9 cm³/mol. The molecule has 2 aromatic rings. The molecule has 0 unspecified atom stereocenters. The standard InChI is InChI=1S/C15H19N5O3/c1-9(2)13(11-6-5-7-16-8-11)19(4)15(21)12-14(20(22)23)10(3)17-18-12/h5-9,13H,1-4H3,(H,17,18)/t13-/m0/s1. The largest absolute Gasteiger partial charge is 0.333 e. The Kier molecular flexibility index (Phi) is 4.73. The van der Waals surface area contributed by atoms with Crippen LogP contribution >= 0.6 is 0 Å². The quantitative estimate of drug-likeness (QED) is 0.673. The van der Waals surface area contributed by atoms with Crippen molar-refractivity contribution in [1.82, 2.24) is 20.1 Å². The fraction of sp³-hybridized carbons (Fsp3) is 0.400. The van der Waals surface area contributed by atoms with Crippen LogP contribution in [0.4, 0.5) is 5.69 Å². The van der Waals surface area contributed by atoms with Crippen LogP contribution in [0.5, 0.6) is 0 Å². The summed E-state index contributed by atoms with van der Waals surface area (Å²) in [4.78, 5) is 28.9. The number of carbonyl (C=O) groups excluding carboxylic acids is 1. The van der Waals surface area contributed by atoms with Crippen LogP contribution in [-0.2, 0) is 0 Å². The molecular weight excluding hydrogens is 298 g/mol. The molecule has 23 heavy (non-hydrogen) atoms. The molecule has 0 saturated carbocycles. The third-order valence-corrected chi connectivity index (χ3v) is 3.70. The zero-order chi connectivity index (χ0) is 17.1. The van der Waals surface area contributed by atoms with Crippen LogP contribution in [0.1, 0.15) is 41.6 Å². The molecule has 0 aromatic carbocycles. The first-order chi connectivity index (χ1) is 10.8. The minimum absolute atomic E-state index is 0.104. The molecule has 0 aliphatic heterocycles. The summed E-state index contributed by atoms with van der Waals surface area (Å²) in [6, 6.07) is 3.42. The molecule has 2 heterocycles. The number of amides is 1. The lowest BCUT2D eigenvalue weighted by Gasteiger charge is -2.30. The van der Waals surface area contributed by atoms with E-state index in [-0.39, 0.29) is 29.0 Å². The van der Waals surface area contributed by atoms with E-state index < -0.39 is 10.8 Å². The normalized spacial score (nSPS) is 12.2. The van der Waals surface area contributed by atoms with Gasteiger partial charge in [-0.05, 0) is 24.5 Å². The molecule has 1 amide bonds. The molecule has 2 rings (SSSR count). The molecule has 8 heteroatoms. The van der Waals surface area contributed by atoms with Crippen LogP contribution in [0.25, 0.3) is 0 Å². The number of nitro groups is 1. The summed E-state index contributed by atoms with van der Waals surface area (Å²) >= 11 is 0. The van der Waals surface area contributed by atoms with E-state index in [1.165, 1.54) is 11.8 Å². The van der Waals surface area contributed by atoms with Gasteiger partial charge in [0.1, 0.15) is 5.69 Å². The topological polar surface area (TPSA) is 105 Å². The molecule has 0 aliphatic rings. The highest BCUT2D eigenvalue weighted by Crippen LogP contribution is 2.30. The smallest absolute Gasteiger partial charge is 0.322 e. The minimum Gasteiger partial charge on any atom is -0.333 e. The maximum absolute atomic E-state index is 12.7. The third kappa shape index (κ3) is 3.20. The Morgan fingerprint density at radius 3 is 2.65 bits per heavy atom. The van der Waals surface area contributed by atoms with Gasteiger partial charge in [0, 0.05) is 19.4 Å². The van der Waals surface area contributed by atoms with Crippen molar-refractivity contribution < 1.29 is 9.72 Å². The number of hydrogen-bond acceptors (Lipinski definition) is 5. The van der Waals surface area contributed by atoms with Crippen LogP contribution in [0.2, 0.25) is 0 Å². The zero-order valence-corrected chi connectivity index (χ0v) is 13.5. The van der Waals surface area contributed by atoms with Crippen molar-refractivity contribution in [1.29, 1.82) is 0 Å². The first kappa shape index (κ1) is 16.6. The van der Waals surface area contributed by atoms with Crippen molar-refractivity contribution in [2.45, 2.75) is 26.8 Å². The van der Waals surface area contributed by atoms with Crippen molar-refractivity contribution in [3.05, 3.63) is 51.6 Å². The van der Waals surface area contributed by atoms with Crippen LogP contribution < -0.4 is 0 Å². The van der Waals surface area contributed by atoms with Crippen molar-refractivity contribution in [3.63, 3.8) is 0 Å². The van der Waals surface area contributed by atoms with E-state index in [1.54, 1.807) is 25.5 Å². The Morgan fingerprint density at radius 2 is 2.13 bits per heavy atom. The van der Waals surface area contributed by atoms with Gasteiger partial charge < -0.3 is 4.90 Å². The highest BCUT2D eigenvalue weighted by molar-refractivity contribution is 5.96. The van der Waals surface area contributed by atoms with Crippen molar-refractivity contribution in [2.24, 2.45) is 5.92 Å². The molecule has 1 N–H and O–H groups in total. The summed E-state index contributed by atoms with van der Waals surface area (Å²) < 4.78 is 0. The molecule has 0 spiro atoms. The summed E-state index contributed by atoms with van der Waals surface area (Å²) in [5.74, 6) is -0.393. The summed E-state index contributed by atoms with van der Waals surface area (Å²) in [7, 11) is 1.62. The number of nitrogens with one attached hydrogen (secondary N) is 1. The number of H-pyrrole nitrogens is 1. The number of aromatic amines is 1. The van der Waals surface area contributed by atoms with Crippen LogP contribution in [0, 0.1) is 23.0 Å². The van der Waals surface area contributed by atoms with Gasteiger partial charge in [0.05, 0.1) is 11.0 Å². The molecule has 0 saturated heterocycles. The second-order valence-electron chi connectivity index (χ2n) is 5.69. The molecule has 1 atom stereocenters. The van der Waals surface area contributed by atoms with E-state index in [0.717, 1.165) is 5.56 Å². The van der Waals surface area contributed by atoms with Crippen molar-refractivity contribution in [2.75, 3.05) is 7.05 Å². The molecule has 0 bridgehead atoms. The average Bonchev–Trinajstić information content (AvgIpc) is 2.89. The number of nitrogens with zero attached hydrogens (tertiary/aromatic N) is 4. The summed E-state index contributed by atoms with van der Waals surface area (Å²) in [5, 5.41) is 17.5. The molecule has 8 nitrogen and oxygen atoms in total. The van der Waals surface area contributed by atoms with Gasteiger partial charge in [0.25, 0.3) is 5.91 Å². The van der Waals surface area contributed by atoms with Gasteiger partial charge >= 0.3 is 5.69 Å². The van der Waals surface area contributed by atoms with Gasteiger partial charge in [0.15, 0.2) is 0 Å².